The zero-order valence-corrected chi connectivity index (χ0v) is 17.0. The van der Waals surface area contributed by atoms with E-state index in [1.54, 1.807) is 6.07 Å². The first-order valence-corrected chi connectivity index (χ1v) is 10.4. The van der Waals surface area contributed by atoms with Gasteiger partial charge in [-0.15, -0.1) is 0 Å². The van der Waals surface area contributed by atoms with Crippen LogP contribution in [0.5, 0.6) is 5.75 Å². The second-order valence-electron chi connectivity index (χ2n) is 6.06. The van der Waals surface area contributed by atoms with Crippen LogP contribution in [0.4, 0.5) is 10.1 Å². The van der Waals surface area contributed by atoms with Gasteiger partial charge in [-0.05, 0) is 36.6 Å². The summed E-state index contributed by atoms with van der Waals surface area (Å²) < 4.78 is 23.9. The molecular formula is C20H21FN2O6S. The van der Waals surface area contributed by atoms with Crippen molar-refractivity contribution in [3.05, 3.63) is 70.0 Å². The highest BCUT2D eigenvalue weighted by Crippen LogP contribution is 2.15. The number of thioether (sulfide) groups is 1. The van der Waals surface area contributed by atoms with Gasteiger partial charge in [-0.25, -0.2) is 9.18 Å². The normalized spacial score (nSPS) is 11.4. The number of esters is 1. The molecule has 0 radical (unpaired) electrons. The summed E-state index contributed by atoms with van der Waals surface area (Å²) in [4.78, 5) is 35.1. The highest BCUT2D eigenvalue weighted by atomic mass is 32.2. The lowest BCUT2D eigenvalue weighted by Gasteiger charge is -2.17. The summed E-state index contributed by atoms with van der Waals surface area (Å²) in [5, 5.41) is 13.4. The second-order valence-corrected chi connectivity index (χ2v) is 7.05. The molecular weight excluding hydrogens is 415 g/mol. The van der Waals surface area contributed by atoms with E-state index < -0.39 is 28.7 Å². The number of ether oxygens (including phenoxy) is 2. The zero-order chi connectivity index (χ0) is 21.9. The number of hydrogen-bond donors (Lipinski definition) is 1. The van der Waals surface area contributed by atoms with Gasteiger partial charge in [0.25, 0.3) is 11.6 Å². The second kappa shape index (κ2) is 11.8. The lowest BCUT2D eigenvalue weighted by atomic mass is 10.1. The van der Waals surface area contributed by atoms with Gasteiger partial charge in [0, 0.05) is 17.7 Å². The van der Waals surface area contributed by atoms with Crippen molar-refractivity contribution in [2.24, 2.45) is 0 Å². The minimum absolute atomic E-state index is 0.0476. The lowest BCUT2D eigenvalue weighted by molar-refractivity contribution is -0.384. The highest BCUT2D eigenvalue weighted by Gasteiger charge is 2.23. The molecule has 30 heavy (non-hydrogen) atoms. The Balaban J connectivity index is 1.92. The van der Waals surface area contributed by atoms with Crippen LogP contribution in [0, 0.1) is 15.9 Å². The molecule has 8 nitrogen and oxygen atoms in total. The molecule has 0 aliphatic rings. The number of nitro benzene ring substituents is 1. The van der Waals surface area contributed by atoms with E-state index in [0.29, 0.717) is 12.2 Å². The Bertz CT molecular complexity index is 895. The SMILES string of the molecule is CSCCC(NC(=O)c1cccc([N+](=O)[O-])c1)C(=O)OCCOc1ccccc1F. The molecule has 0 heterocycles. The monoisotopic (exact) mass is 436 g/mol. The summed E-state index contributed by atoms with van der Waals surface area (Å²) in [5.74, 6) is -1.18. The van der Waals surface area contributed by atoms with Crippen molar-refractivity contribution in [1.29, 1.82) is 0 Å². The summed E-state index contributed by atoms with van der Waals surface area (Å²) >= 11 is 1.49. The average Bonchev–Trinajstić information content (AvgIpc) is 2.75. The van der Waals surface area contributed by atoms with Crippen LogP contribution < -0.4 is 10.1 Å². The molecule has 0 aliphatic heterocycles. The molecule has 1 amide bonds. The fourth-order valence-corrected chi connectivity index (χ4v) is 2.91. The first-order valence-electron chi connectivity index (χ1n) is 9.00. The number of rotatable bonds is 11. The van der Waals surface area contributed by atoms with Crippen LogP contribution >= 0.6 is 11.8 Å². The number of carbonyl (C=O) groups is 2. The van der Waals surface area contributed by atoms with Crippen molar-refractivity contribution < 1.29 is 28.4 Å². The highest BCUT2D eigenvalue weighted by molar-refractivity contribution is 7.98. The number of benzene rings is 2. The van der Waals surface area contributed by atoms with Crippen molar-refractivity contribution in [2.45, 2.75) is 12.5 Å². The molecule has 2 aromatic rings. The molecule has 1 N–H and O–H groups in total. The smallest absolute Gasteiger partial charge is 0.328 e. The Labute approximate surface area is 176 Å². The molecule has 0 spiro atoms. The van der Waals surface area contributed by atoms with Crippen molar-refractivity contribution >= 4 is 29.3 Å². The standard InChI is InChI=1S/C20H21FN2O6S/c1-30-12-9-17(22-19(24)14-5-4-6-15(13-14)23(26)27)20(25)29-11-10-28-18-8-3-2-7-16(18)21/h2-8,13,17H,9-12H2,1H3,(H,22,24). The van der Waals surface area contributed by atoms with E-state index >= 15 is 0 Å². The van der Waals surface area contributed by atoms with Crippen LogP contribution in [0.3, 0.4) is 0 Å². The van der Waals surface area contributed by atoms with Gasteiger partial charge in [-0.2, -0.15) is 11.8 Å². The van der Waals surface area contributed by atoms with E-state index in [2.05, 4.69) is 5.32 Å². The van der Waals surface area contributed by atoms with Crippen LogP contribution in [-0.4, -0.2) is 48.1 Å². The van der Waals surface area contributed by atoms with Crippen molar-refractivity contribution in [1.82, 2.24) is 5.32 Å². The Morgan fingerprint density at radius 3 is 2.67 bits per heavy atom. The Kier molecular flexibility index (Phi) is 9.07. The average molecular weight is 436 g/mol. The molecule has 10 heteroatoms. The number of nitrogens with zero attached hydrogens (tertiary/aromatic N) is 1. The van der Waals surface area contributed by atoms with E-state index in [0.717, 1.165) is 6.07 Å². The summed E-state index contributed by atoms with van der Waals surface area (Å²) in [5.41, 5.74) is -0.162. The maximum absolute atomic E-state index is 13.5. The summed E-state index contributed by atoms with van der Waals surface area (Å²) in [6.45, 7) is -0.184. The number of amides is 1. The first kappa shape index (κ1) is 23.1. The topological polar surface area (TPSA) is 108 Å². The number of carbonyl (C=O) groups excluding carboxylic acids is 2. The molecule has 0 saturated carbocycles. The quantitative estimate of drug-likeness (QED) is 0.249. The van der Waals surface area contributed by atoms with E-state index in [1.807, 2.05) is 6.26 Å². The van der Waals surface area contributed by atoms with Crippen LogP contribution in [0.1, 0.15) is 16.8 Å². The first-order chi connectivity index (χ1) is 14.4. The van der Waals surface area contributed by atoms with Crippen molar-refractivity contribution in [2.75, 3.05) is 25.2 Å². The largest absolute Gasteiger partial charge is 0.487 e. The summed E-state index contributed by atoms with van der Waals surface area (Å²) in [7, 11) is 0. The third-order valence-corrected chi connectivity index (χ3v) is 4.59. The van der Waals surface area contributed by atoms with Gasteiger partial charge < -0.3 is 14.8 Å². The number of halogens is 1. The number of nitrogens with one attached hydrogen (secondary N) is 1. The molecule has 2 rings (SSSR count). The fraction of sp³-hybridized carbons (Fsp3) is 0.300. The van der Waals surface area contributed by atoms with E-state index in [-0.39, 0.29) is 30.2 Å². The van der Waals surface area contributed by atoms with E-state index in [4.69, 9.17) is 9.47 Å². The lowest BCUT2D eigenvalue weighted by Crippen LogP contribution is -2.42. The van der Waals surface area contributed by atoms with Crippen molar-refractivity contribution in [3.8, 4) is 5.75 Å². The molecule has 0 fully saturated rings. The number of non-ortho nitro benzene ring substituents is 1. The van der Waals surface area contributed by atoms with Gasteiger partial charge in [0.05, 0.1) is 4.92 Å². The van der Waals surface area contributed by atoms with Gasteiger partial charge >= 0.3 is 5.97 Å². The molecule has 1 atom stereocenters. The van der Waals surface area contributed by atoms with Gasteiger partial charge in [0.1, 0.15) is 19.3 Å². The molecule has 0 aliphatic carbocycles. The minimum atomic E-state index is -0.933. The van der Waals surface area contributed by atoms with Gasteiger partial charge in [0.15, 0.2) is 11.6 Å². The van der Waals surface area contributed by atoms with Gasteiger partial charge in [0.2, 0.25) is 0 Å². The molecule has 160 valence electrons. The number of hydrogen-bond acceptors (Lipinski definition) is 7. The number of nitro groups is 1. The predicted molar refractivity (Wildman–Crippen MR) is 110 cm³/mol. The molecule has 0 saturated heterocycles. The summed E-state index contributed by atoms with van der Waals surface area (Å²) in [6, 6.07) is 10.1. The van der Waals surface area contributed by atoms with E-state index in [9.17, 15) is 24.1 Å². The zero-order valence-electron chi connectivity index (χ0n) is 16.2. The van der Waals surface area contributed by atoms with Gasteiger partial charge in [-0.3, -0.25) is 14.9 Å². The van der Waals surface area contributed by atoms with Crippen LogP contribution in [-0.2, 0) is 9.53 Å². The molecule has 0 aromatic heterocycles. The predicted octanol–water partition coefficient (Wildman–Crippen LogP) is 3.21. The Hall–Kier alpha value is -3.14. The van der Waals surface area contributed by atoms with Gasteiger partial charge in [-0.1, -0.05) is 18.2 Å². The third-order valence-electron chi connectivity index (χ3n) is 3.94. The third kappa shape index (κ3) is 7.03. The summed E-state index contributed by atoms with van der Waals surface area (Å²) in [6.07, 6.45) is 2.17. The Morgan fingerprint density at radius 2 is 1.97 bits per heavy atom. The maximum Gasteiger partial charge on any atom is 0.328 e. The van der Waals surface area contributed by atoms with Crippen LogP contribution in [0.25, 0.3) is 0 Å². The number of para-hydroxylation sites is 1. The van der Waals surface area contributed by atoms with Crippen molar-refractivity contribution in [3.63, 3.8) is 0 Å². The molecule has 1 unspecified atom stereocenters. The van der Waals surface area contributed by atoms with Crippen LogP contribution in [0.2, 0.25) is 0 Å². The maximum atomic E-state index is 13.5. The molecule has 0 bridgehead atoms. The fourth-order valence-electron chi connectivity index (χ4n) is 2.44. The Morgan fingerprint density at radius 1 is 1.20 bits per heavy atom. The van der Waals surface area contributed by atoms with E-state index in [1.165, 1.54) is 48.2 Å². The van der Waals surface area contributed by atoms with Crippen LogP contribution in [0.15, 0.2) is 48.5 Å². The molecule has 2 aromatic carbocycles. The minimum Gasteiger partial charge on any atom is -0.487 e.